The van der Waals surface area contributed by atoms with E-state index in [2.05, 4.69) is 5.32 Å². The molecule has 0 aliphatic rings. The molecular weight excluding hydrogens is 314 g/mol. The number of aliphatic hydroxyl groups is 2. The fourth-order valence-corrected chi connectivity index (χ4v) is 1.93. The lowest BCUT2D eigenvalue weighted by atomic mass is 10.2. The average molecular weight is 333 g/mol. The summed E-state index contributed by atoms with van der Waals surface area (Å²) in [4.78, 5) is 12.2. The zero-order chi connectivity index (χ0) is 17.4. The molecule has 4 N–H and O–H groups in total. The third-order valence-electron chi connectivity index (χ3n) is 3.05. The largest absolute Gasteiger partial charge is 0.506 e. The van der Waals surface area contributed by atoms with Crippen LogP contribution < -0.4 is 14.8 Å². The van der Waals surface area contributed by atoms with Gasteiger partial charge in [0, 0.05) is 11.6 Å². The van der Waals surface area contributed by atoms with E-state index in [1.165, 1.54) is 18.2 Å². The molecule has 2 rings (SSSR count). The topological polar surface area (TPSA) is 108 Å². The molecule has 0 unspecified atom stereocenters. The maximum absolute atomic E-state index is 12.2. The number of carbonyl (C=O) groups is 1. The van der Waals surface area contributed by atoms with Gasteiger partial charge in [-0.25, -0.2) is 0 Å². The van der Waals surface area contributed by atoms with Crippen molar-refractivity contribution in [2.45, 2.75) is 0 Å². The Balaban J connectivity index is 2.05. The van der Waals surface area contributed by atoms with Gasteiger partial charge < -0.3 is 30.1 Å². The van der Waals surface area contributed by atoms with E-state index in [0.29, 0.717) is 17.1 Å². The molecule has 0 saturated carbocycles. The number of anilines is 1. The summed E-state index contributed by atoms with van der Waals surface area (Å²) in [6.07, 6.45) is 0. The first-order valence-corrected chi connectivity index (χ1v) is 7.36. The van der Waals surface area contributed by atoms with Crippen molar-refractivity contribution in [1.82, 2.24) is 0 Å². The van der Waals surface area contributed by atoms with Gasteiger partial charge in [-0.15, -0.1) is 0 Å². The minimum absolute atomic E-state index is 0.0871. The summed E-state index contributed by atoms with van der Waals surface area (Å²) in [5.41, 5.74) is 0.587. The maximum atomic E-state index is 12.2. The van der Waals surface area contributed by atoms with Crippen LogP contribution in [0.5, 0.6) is 17.2 Å². The number of benzene rings is 2. The van der Waals surface area contributed by atoms with Gasteiger partial charge in [-0.1, -0.05) is 0 Å². The number of phenols is 1. The molecule has 0 aliphatic carbocycles. The molecule has 0 aliphatic heterocycles. The van der Waals surface area contributed by atoms with E-state index >= 15 is 0 Å². The fraction of sp³-hybridized carbons (Fsp3) is 0.235. The number of ether oxygens (including phenoxy) is 2. The number of hydrogen-bond acceptors (Lipinski definition) is 6. The average Bonchev–Trinajstić information content (AvgIpc) is 2.61. The quantitative estimate of drug-likeness (QED) is 0.544. The van der Waals surface area contributed by atoms with Crippen LogP contribution in [0.2, 0.25) is 0 Å². The summed E-state index contributed by atoms with van der Waals surface area (Å²) in [5, 5.41) is 29.9. The van der Waals surface area contributed by atoms with E-state index in [4.69, 9.17) is 19.7 Å². The van der Waals surface area contributed by atoms with Crippen LogP contribution in [0.3, 0.4) is 0 Å². The van der Waals surface area contributed by atoms with Crippen LogP contribution in [-0.2, 0) is 0 Å². The van der Waals surface area contributed by atoms with Crippen molar-refractivity contribution in [3.05, 3.63) is 48.0 Å². The van der Waals surface area contributed by atoms with E-state index in [9.17, 15) is 9.90 Å². The standard InChI is InChI=1S/C17H19NO6/c19-7-9-23-13-3-1-12(2-4-13)17(22)18-15-11-14(24-10-8-20)5-6-16(15)21/h1-6,11,19-21H,7-10H2,(H,18,22). The third kappa shape index (κ3) is 4.87. The second-order valence-corrected chi connectivity index (χ2v) is 4.80. The lowest BCUT2D eigenvalue weighted by molar-refractivity contribution is 0.102. The highest BCUT2D eigenvalue weighted by Gasteiger charge is 2.10. The molecule has 0 bridgehead atoms. The van der Waals surface area contributed by atoms with Crippen molar-refractivity contribution in [3.63, 3.8) is 0 Å². The number of aliphatic hydroxyl groups excluding tert-OH is 2. The normalized spacial score (nSPS) is 10.2. The van der Waals surface area contributed by atoms with Gasteiger partial charge in [0.15, 0.2) is 0 Å². The molecular formula is C17H19NO6. The summed E-state index contributed by atoms with van der Waals surface area (Å²) in [6.45, 7) is 0.0803. The van der Waals surface area contributed by atoms with E-state index in [-0.39, 0.29) is 37.9 Å². The van der Waals surface area contributed by atoms with Gasteiger partial charge in [0.1, 0.15) is 30.5 Å². The molecule has 0 atom stereocenters. The van der Waals surface area contributed by atoms with E-state index in [0.717, 1.165) is 0 Å². The second kappa shape index (κ2) is 8.76. The van der Waals surface area contributed by atoms with E-state index in [1.807, 2.05) is 0 Å². The molecule has 2 aromatic carbocycles. The summed E-state index contributed by atoms with van der Waals surface area (Å²) in [6, 6.07) is 10.8. The molecule has 0 saturated heterocycles. The predicted octanol–water partition coefficient (Wildman–Crippen LogP) is 1.39. The number of rotatable bonds is 8. The van der Waals surface area contributed by atoms with Gasteiger partial charge in [-0.3, -0.25) is 4.79 Å². The van der Waals surface area contributed by atoms with Crippen LogP contribution in [0, 0.1) is 0 Å². The highest BCUT2D eigenvalue weighted by atomic mass is 16.5. The summed E-state index contributed by atoms with van der Waals surface area (Å²) in [5.74, 6) is 0.466. The minimum atomic E-state index is -0.404. The van der Waals surface area contributed by atoms with Crippen molar-refractivity contribution in [2.24, 2.45) is 0 Å². The summed E-state index contributed by atoms with van der Waals surface area (Å²) < 4.78 is 10.5. The van der Waals surface area contributed by atoms with Crippen molar-refractivity contribution in [2.75, 3.05) is 31.7 Å². The summed E-state index contributed by atoms with van der Waals surface area (Å²) in [7, 11) is 0. The third-order valence-corrected chi connectivity index (χ3v) is 3.05. The summed E-state index contributed by atoms with van der Waals surface area (Å²) >= 11 is 0. The molecule has 7 nitrogen and oxygen atoms in total. The Morgan fingerprint density at radius 1 is 0.917 bits per heavy atom. The Morgan fingerprint density at radius 2 is 1.50 bits per heavy atom. The Labute approximate surface area is 139 Å². The molecule has 0 fully saturated rings. The minimum Gasteiger partial charge on any atom is -0.506 e. The monoisotopic (exact) mass is 333 g/mol. The highest BCUT2D eigenvalue weighted by Crippen LogP contribution is 2.28. The van der Waals surface area contributed by atoms with Gasteiger partial charge in [0.2, 0.25) is 0 Å². The number of aromatic hydroxyl groups is 1. The van der Waals surface area contributed by atoms with Crippen molar-refractivity contribution < 1.29 is 29.6 Å². The predicted molar refractivity (Wildman–Crippen MR) is 87.7 cm³/mol. The zero-order valence-corrected chi connectivity index (χ0v) is 12.9. The van der Waals surface area contributed by atoms with Crippen molar-refractivity contribution in [3.8, 4) is 17.2 Å². The molecule has 7 heteroatoms. The molecule has 0 radical (unpaired) electrons. The number of phenolic OH excluding ortho intramolecular Hbond substituents is 1. The zero-order valence-electron chi connectivity index (χ0n) is 12.9. The van der Waals surface area contributed by atoms with Crippen molar-refractivity contribution >= 4 is 11.6 Å². The van der Waals surface area contributed by atoms with Gasteiger partial charge in [0.05, 0.1) is 18.9 Å². The lowest BCUT2D eigenvalue weighted by Gasteiger charge is -2.11. The molecule has 128 valence electrons. The smallest absolute Gasteiger partial charge is 0.255 e. The second-order valence-electron chi connectivity index (χ2n) is 4.80. The van der Waals surface area contributed by atoms with Crippen LogP contribution in [0.1, 0.15) is 10.4 Å². The Hall–Kier alpha value is -2.77. The first-order chi connectivity index (χ1) is 11.6. The lowest BCUT2D eigenvalue weighted by Crippen LogP contribution is -2.12. The van der Waals surface area contributed by atoms with Crippen LogP contribution >= 0.6 is 0 Å². The number of hydrogen-bond donors (Lipinski definition) is 4. The molecule has 2 aromatic rings. The van der Waals surface area contributed by atoms with Crippen LogP contribution in [-0.4, -0.2) is 47.7 Å². The SMILES string of the molecule is O=C(Nc1cc(OCCO)ccc1O)c1ccc(OCCO)cc1. The van der Waals surface area contributed by atoms with Crippen LogP contribution in [0.15, 0.2) is 42.5 Å². The maximum Gasteiger partial charge on any atom is 0.255 e. The van der Waals surface area contributed by atoms with Crippen LogP contribution in [0.4, 0.5) is 5.69 Å². The van der Waals surface area contributed by atoms with Crippen molar-refractivity contribution in [1.29, 1.82) is 0 Å². The first kappa shape index (κ1) is 17.6. The van der Waals surface area contributed by atoms with Crippen LogP contribution in [0.25, 0.3) is 0 Å². The molecule has 0 aromatic heterocycles. The van der Waals surface area contributed by atoms with Gasteiger partial charge in [0.25, 0.3) is 5.91 Å². The van der Waals surface area contributed by atoms with E-state index < -0.39 is 5.91 Å². The molecule has 1 amide bonds. The first-order valence-electron chi connectivity index (χ1n) is 7.36. The molecule has 24 heavy (non-hydrogen) atoms. The molecule has 0 spiro atoms. The molecule has 0 heterocycles. The van der Waals surface area contributed by atoms with Gasteiger partial charge in [-0.2, -0.15) is 0 Å². The number of amides is 1. The van der Waals surface area contributed by atoms with Gasteiger partial charge in [-0.05, 0) is 36.4 Å². The van der Waals surface area contributed by atoms with Gasteiger partial charge >= 0.3 is 0 Å². The number of carbonyl (C=O) groups excluding carboxylic acids is 1. The highest BCUT2D eigenvalue weighted by molar-refractivity contribution is 6.05. The Morgan fingerprint density at radius 3 is 2.12 bits per heavy atom. The fourth-order valence-electron chi connectivity index (χ4n) is 1.93. The van der Waals surface area contributed by atoms with E-state index in [1.54, 1.807) is 24.3 Å². The Bertz CT molecular complexity index is 671. The number of nitrogens with one attached hydrogen (secondary N) is 1. The Kier molecular flexibility index (Phi) is 6.41.